The van der Waals surface area contributed by atoms with E-state index in [1.807, 2.05) is 4.90 Å². The summed E-state index contributed by atoms with van der Waals surface area (Å²) in [6.07, 6.45) is 3.16. The summed E-state index contributed by atoms with van der Waals surface area (Å²) in [5, 5.41) is 6.74. The summed E-state index contributed by atoms with van der Waals surface area (Å²) in [6.45, 7) is 1.36. The van der Waals surface area contributed by atoms with Gasteiger partial charge in [-0.15, -0.1) is 0 Å². The van der Waals surface area contributed by atoms with Crippen LogP contribution in [0.4, 0.5) is 11.4 Å². The SMILES string of the molecule is [N-]=[N+]=NC[C@@H]1C(=O)Nc2cnc(Cl)cc2N1C1CCOCC1. The summed E-state index contributed by atoms with van der Waals surface area (Å²) in [7, 11) is 0. The van der Waals surface area contributed by atoms with E-state index in [0.29, 0.717) is 24.1 Å². The van der Waals surface area contributed by atoms with Gasteiger partial charge in [0.1, 0.15) is 11.2 Å². The fourth-order valence-electron chi connectivity index (χ4n) is 2.94. The zero-order chi connectivity index (χ0) is 15.5. The van der Waals surface area contributed by atoms with Gasteiger partial charge in [-0.2, -0.15) is 0 Å². The lowest BCUT2D eigenvalue weighted by atomic mass is 10.0. The van der Waals surface area contributed by atoms with Crippen molar-refractivity contribution in [2.75, 3.05) is 30.0 Å². The standard InChI is InChI=1S/C13H15ClN6O2/c14-12-5-10-9(6-16-12)18-13(21)11(7-17-19-15)20(10)8-1-3-22-4-2-8/h5-6,8,11H,1-4,7H2,(H,18,21)/t11-/m1/s1. The monoisotopic (exact) mass is 322 g/mol. The zero-order valence-electron chi connectivity index (χ0n) is 11.8. The quantitative estimate of drug-likeness (QED) is 0.399. The molecule has 0 aromatic carbocycles. The number of pyridine rings is 1. The first-order valence-corrected chi connectivity index (χ1v) is 7.42. The van der Waals surface area contributed by atoms with Crippen LogP contribution in [0.25, 0.3) is 10.4 Å². The van der Waals surface area contributed by atoms with Crippen LogP contribution in [0.3, 0.4) is 0 Å². The first-order valence-electron chi connectivity index (χ1n) is 7.04. The maximum atomic E-state index is 12.4. The van der Waals surface area contributed by atoms with Crippen LogP contribution in [0, 0.1) is 0 Å². The molecule has 1 atom stereocenters. The molecule has 22 heavy (non-hydrogen) atoms. The van der Waals surface area contributed by atoms with E-state index in [9.17, 15) is 4.79 Å². The minimum absolute atomic E-state index is 0.0685. The van der Waals surface area contributed by atoms with Crippen molar-refractivity contribution in [2.45, 2.75) is 24.9 Å². The molecule has 1 aromatic rings. The second-order valence-corrected chi connectivity index (χ2v) is 5.58. The number of carbonyl (C=O) groups excluding carboxylic acids is 1. The van der Waals surface area contributed by atoms with Crippen LogP contribution < -0.4 is 10.2 Å². The highest BCUT2D eigenvalue weighted by atomic mass is 35.5. The predicted octanol–water partition coefficient (Wildman–Crippen LogP) is 2.35. The van der Waals surface area contributed by atoms with Crippen molar-refractivity contribution in [1.82, 2.24) is 4.98 Å². The number of fused-ring (bicyclic) bond motifs is 1. The van der Waals surface area contributed by atoms with Crippen molar-refractivity contribution in [2.24, 2.45) is 5.11 Å². The van der Waals surface area contributed by atoms with Crippen LogP contribution in [-0.2, 0) is 9.53 Å². The molecule has 116 valence electrons. The summed E-state index contributed by atoms with van der Waals surface area (Å²) in [5.41, 5.74) is 10.0. The molecule has 0 aliphatic carbocycles. The summed E-state index contributed by atoms with van der Waals surface area (Å²) < 4.78 is 5.40. The molecule has 3 heterocycles. The van der Waals surface area contributed by atoms with Gasteiger partial charge in [0.2, 0.25) is 5.91 Å². The number of ether oxygens (including phenoxy) is 1. The lowest BCUT2D eigenvalue weighted by molar-refractivity contribution is -0.117. The van der Waals surface area contributed by atoms with E-state index in [-0.39, 0.29) is 18.5 Å². The van der Waals surface area contributed by atoms with Crippen molar-refractivity contribution in [3.63, 3.8) is 0 Å². The Morgan fingerprint density at radius 2 is 2.32 bits per heavy atom. The summed E-state index contributed by atoms with van der Waals surface area (Å²) in [5.74, 6) is -0.199. The van der Waals surface area contributed by atoms with E-state index < -0.39 is 6.04 Å². The lowest BCUT2D eigenvalue weighted by Crippen LogP contribution is -2.55. The van der Waals surface area contributed by atoms with Gasteiger partial charge in [-0.1, -0.05) is 16.7 Å². The number of aromatic nitrogens is 1. The molecule has 2 aliphatic heterocycles. The molecule has 0 saturated carbocycles. The zero-order valence-corrected chi connectivity index (χ0v) is 12.5. The largest absolute Gasteiger partial charge is 0.381 e. The first-order chi connectivity index (χ1) is 10.7. The van der Waals surface area contributed by atoms with Gasteiger partial charge in [-0.05, 0) is 18.4 Å². The fraction of sp³-hybridized carbons (Fsp3) is 0.538. The average Bonchev–Trinajstić information content (AvgIpc) is 2.54. The Hall–Kier alpha value is -2.02. The molecule has 3 rings (SSSR count). The fourth-order valence-corrected chi connectivity index (χ4v) is 3.09. The molecule has 0 bridgehead atoms. The van der Waals surface area contributed by atoms with Crippen LogP contribution in [0.2, 0.25) is 5.15 Å². The third-order valence-corrected chi connectivity index (χ3v) is 4.13. The smallest absolute Gasteiger partial charge is 0.247 e. The number of nitrogens with zero attached hydrogens (tertiary/aromatic N) is 5. The molecule has 1 fully saturated rings. The molecule has 0 unspecified atom stereocenters. The number of carbonyl (C=O) groups is 1. The molecule has 1 saturated heterocycles. The molecular weight excluding hydrogens is 308 g/mol. The number of nitrogens with one attached hydrogen (secondary N) is 1. The highest BCUT2D eigenvalue weighted by Crippen LogP contribution is 2.36. The molecule has 9 heteroatoms. The second-order valence-electron chi connectivity index (χ2n) is 5.19. The molecule has 1 amide bonds. The number of azide groups is 1. The number of anilines is 2. The minimum atomic E-state index is -0.551. The van der Waals surface area contributed by atoms with Crippen molar-refractivity contribution < 1.29 is 9.53 Å². The second kappa shape index (κ2) is 6.39. The Bertz CT molecular complexity index is 627. The number of halogens is 1. The van der Waals surface area contributed by atoms with Crippen LogP contribution in [0.1, 0.15) is 12.8 Å². The highest BCUT2D eigenvalue weighted by molar-refractivity contribution is 6.30. The van der Waals surface area contributed by atoms with Gasteiger partial charge >= 0.3 is 0 Å². The molecule has 2 aliphatic rings. The summed E-state index contributed by atoms with van der Waals surface area (Å²) in [4.78, 5) is 21.2. The van der Waals surface area contributed by atoms with E-state index in [1.165, 1.54) is 0 Å². The van der Waals surface area contributed by atoms with Gasteiger partial charge in [0.15, 0.2) is 0 Å². The Balaban J connectivity index is 2.02. The third kappa shape index (κ3) is 2.81. The molecular formula is C13H15ClN6O2. The van der Waals surface area contributed by atoms with Crippen LogP contribution in [0.15, 0.2) is 17.4 Å². The average molecular weight is 323 g/mol. The van der Waals surface area contributed by atoms with E-state index >= 15 is 0 Å². The van der Waals surface area contributed by atoms with Crippen LogP contribution in [-0.4, -0.2) is 42.7 Å². The number of hydrogen-bond donors (Lipinski definition) is 1. The maximum Gasteiger partial charge on any atom is 0.247 e. The van der Waals surface area contributed by atoms with Gasteiger partial charge in [-0.3, -0.25) is 4.79 Å². The van der Waals surface area contributed by atoms with E-state index in [2.05, 4.69) is 20.3 Å². The molecule has 8 nitrogen and oxygen atoms in total. The molecule has 1 N–H and O–H groups in total. The number of amides is 1. The Kier molecular flexibility index (Phi) is 4.33. The van der Waals surface area contributed by atoms with Gasteiger partial charge in [0, 0.05) is 30.2 Å². The van der Waals surface area contributed by atoms with Gasteiger partial charge in [0.05, 0.1) is 24.1 Å². The van der Waals surface area contributed by atoms with E-state index in [0.717, 1.165) is 18.5 Å². The lowest BCUT2D eigenvalue weighted by Gasteiger charge is -2.43. The minimum Gasteiger partial charge on any atom is -0.381 e. The summed E-state index contributed by atoms with van der Waals surface area (Å²) in [6, 6.07) is 1.32. The highest BCUT2D eigenvalue weighted by Gasteiger charge is 2.37. The van der Waals surface area contributed by atoms with E-state index in [4.69, 9.17) is 21.9 Å². The Labute approximate surface area is 132 Å². The van der Waals surface area contributed by atoms with Gasteiger partial charge < -0.3 is 15.0 Å². The van der Waals surface area contributed by atoms with Gasteiger partial charge in [0.25, 0.3) is 0 Å². The first kappa shape index (κ1) is 14.9. The third-order valence-electron chi connectivity index (χ3n) is 3.93. The molecule has 0 radical (unpaired) electrons. The van der Waals surface area contributed by atoms with Crippen molar-refractivity contribution in [3.05, 3.63) is 27.9 Å². The predicted molar refractivity (Wildman–Crippen MR) is 82.0 cm³/mol. The molecule has 0 spiro atoms. The maximum absolute atomic E-state index is 12.4. The van der Waals surface area contributed by atoms with Crippen LogP contribution in [0.5, 0.6) is 0 Å². The van der Waals surface area contributed by atoms with E-state index in [1.54, 1.807) is 12.3 Å². The Morgan fingerprint density at radius 3 is 3.05 bits per heavy atom. The van der Waals surface area contributed by atoms with Crippen LogP contribution >= 0.6 is 11.6 Å². The van der Waals surface area contributed by atoms with Crippen molar-refractivity contribution >= 4 is 28.9 Å². The molecule has 1 aromatic heterocycles. The summed E-state index contributed by atoms with van der Waals surface area (Å²) >= 11 is 6.01. The number of hydrogen-bond acceptors (Lipinski definition) is 5. The van der Waals surface area contributed by atoms with Crippen molar-refractivity contribution in [1.29, 1.82) is 0 Å². The normalized spacial score (nSPS) is 21.8. The van der Waals surface area contributed by atoms with Gasteiger partial charge in [-0.25, -0.2) is 4.98 Å². The topological polar surface area (TPSA) is 103 Å². The Morgan fingerprint density at radius 1 is 1.55 bits per heavy atom. The van der Waals surface area contributed by atoms with Crippen molar-refractivity contribution in [3.8, 4) is 0 Å². The number of rotatable bonds is 3.